The third-order valence-corrected chi connectivity index (χ3v) is 9.94. The highest BCUT2D eigenvalue weighted by atomic mass is 32.2. The van der Waals surface area contributed by atoms with Gasteiger partial charge in [-0.15, -0.1) is 11.3 Å². The van der Waals surface area contributed by atoms with Gasteiger partial charge < -0.3 is 9.80 Å². The van der Waals surface area contributed by atoms with Gasteiger partial charge in [-0.2, -0.15) is 4.31 Å². The van der Waals surface area contributed by atoms with Crippen LogP contribution in [-0.2, 0) is 26.0 Å². The first-order valence-electron chi connectivity index (χ1n) is 11.1. The van der Waals surface area contributed by atoms with Crippen LogP contribution in [0.4, 0.5) is 0 Å². The normalized spacial score (nSPS) is 21.9. The second kappa shape index (κ2) is 9.36. The van der Waals surface area contributed by atoms with Crippen LogP contribution < -0.4 is 0 Å². The van der Waals surface area contributed by atoms with Crippen molar-refractivity contribution in [2.24, 2.45) is 5.92 Å². The van der Waals surface area contributed by atoms with Crippen LogP contribution in [-0.4, -0.2) is 73.6 Å². The van der Waals surface area contributed by atoms with E-state index >= 15 is 0 Å². The Hall–Kier alpha value is -1.45. The lowest BCUT2D eigenvalue weighted by atomic mass is 9.95. The highest BCUT2D eigenvalue weighted by Gasteiger charge is 2.32. The lowest BCUT2D eigenvalue weighted by Gasteiger charge is -2.33. The van der Waals surface area contributed by atoms with Gasteiger partial charge in [-0.1, -0.05) is 6.42 Å². The molecule has 166 valence electrons. The molecule has 4 rings (SSSR count). The van der Waals surface area contributed by atoms with Gasteiger partial charge in [0.05, 0.1) is 6.42 Å². The SMILES string of the molecule is O=C(Cc1ccc(S(=O)(=O)N2CCCCC2)s1)N1CCC(C(=O)N2CCCC2)CC1. The summed E-state index contributed by atoms with van der Waals surface area (Å²) in [6.07, 6.45) is 6.76. The van der Waals surface area contributed by atoms with Gasteiger partial charge in [0.25, 0.3) is 10.0 Å². The van der Waals surface area contributed by atoms with E-state index in [1.807, 2.05) is 9.80 Å². The first-order valence-corrected chi connectivity index (χ1v) is 13.4. The Morgan fingerprint density at radius 1 is 0.867 bits per heavy atom. The van der Waals surface area contributed by atoms with E-state index in [0.29, 0.717) is 30.4 Å². The molecule has 9 heteroatoms. The molecule has 2 amide bonds. The summed E-state index contributed by atoms with van der Waals surface area (Å²) < 4.78 is 27.5. The molecule has 1 aromatic heterocycles. The molecule has 30 heavy (non-hydrogen) atoms. The molecule has 0 N–H and O–H groups in total. The van der Waals surface area contributed by atoms with E-state index in [2.05, 4.69) is 0 Å². The Balaban J connectivity index is 1.30. The third kappa shape index (κ3) is 4.73. The predicted octanol–water partition coefficient (Wildman–Crippen LogP) is 2.33. The number of amides is 2. The van der Waals surface area contributed by atoms with Gasteiger partial charge in [0.15, 0.2) is 0 Å². The molecule has 7 nitrogen and oxygen atoms in total. The van der Waals surface area contributed by atoms with Crippen molar-refractivity contribution in [3.8, 4) is 0 Å². The Morgan fingerprint density at radius 3 is 2.17 bits per heavy atom. The average Bonchev–Trinajstić information content (AvgIpc) is 3.47. The molecule has 3 saturated heterocycles. The fourth-order valence-electron chi connectivity index (χ4n) is 4.66. The summed E-state index contributed by atoms with van der Waals surface area (Å²) >= 11 is 1.21. The second-order valence-corrected chi connectivity index (χ2v) is 11.9. The minimum atomic E-state index is -3.44. The largest absolute Gasteiger partial charge is 0.342 e. The van der Waals surface area contributed by atoms with Crippen molar-refractivity contribution in [2.45, 2.75) is 55.6 Å². The maximum atomic E-state index is 12.8. The van der Waals surface area contributed by atoms with Crippen LogP contribution in [0.3, 0.4) is 0 Å². The van der Waals surface area contributed by atoms with Crippen LogP contribution in [0.15, 0.2) is 16.3 Å². The molecule has 0 saturated carbocycles. The Morgan fingerprint density at radius 2 is 1.50 bits per heavy atom. The molecular formula is C21H31N3O4S2. The zero-order chi connectivity index (χ0) is 21.1. The number of carbonyl (C=O) groups excluding carboxylic acids is 2. The summed E-state index contributed by atoms with van der Waals surface area (Å²) in [5.74, 6) is 0.312. The van der Waals surface area contributed by atoms with E-state index in [-0.39, 0.29) is 24.2 Å². The first-order chi connectivity index (χ1) is 14.4. The van der Waals surface area contributed by atoms with Gasteiger partial charge in [-0.05, 0) is 50.7 Å². The van der Waals surface area contributed by atoms with Crippen molar-refractivity contribution in [1.29, 1.82) is 0 Å². The molecular weight excluding hydrogens is 422 g/mol. The van der Waals surface area contributed by atoms with Crippen molar-refractivity contribution in [3.63, 3.8) is 0 Å². The van der Waals surface area contributed by atoms with Crippen molar-refractivity contribution < 1.29 is 18.0 Å². The molecule has 3 aliphatic heterocycles. The molecule has 3 fully saturated rings. The van der Waals surface area contributed by atoms with Crippen LogP contribution in [0, 0.1) is 5.92 Å². The van der Waals surface area contributed by atoms with Crippen LogP contribution in [0.5, 0.6) is 0 Å². The third-order valence-electron chi connectivity index (χ3n) is 6.49. The Bertz CT molecular complexity index is 863. The van der Waals surface area contributed by atoms with E-state index in [9.17, 15) is 18.0 Å². The zero-order valence-electron chi connectivity index (χ0n) is 17.4. The van der Waals surface area contributed by atoms with E-state index in [1.165, 1.54) is 11.3 Å². The van der Waals surface area contributed by atoms with Crippen molar-refractivity contribution in [2.75, 3.05) is 39.3 Å². The summed E-state index contributed by atoms with van der Waals surface area (Å²) in [4.78, 5) is 29.9. The number of nitrogens with zero attached hydrogens (tertiary/aromatic N) is 3. The van der Waals surface area contributed by atoms with E-state index < -0.39 is 10.0 Å². The Labute approximate surface area is 183 Å². The molecule has 4 heterocycles. The molecule has 0 atom stereocenters. The average molecular weight is 454 g/mol. The summed E-state index contributed by atoms with van der Waals surface area (Å²) in [6.45, 7) is 4.12. The quantitative estimate of drug-likeness (QED) is 0.686. The second-order valence-electron chi connectivity index (χ2n) is 8.55. The van der Waals surface area contributed by atoms with Crippen LogP contribution in [0.25, 0.3) is 0 Å². The molecule has 0 bridgehead atoms. The standard InChI is InChI=1S/C21H31N3O4S2/c25-19(22-14-8-17(9-15-22)21(26)23-10-4-5-11-23)16-18-6-7-20(29-18)30(27,28)24-12-2-1-3-13-24/h6-7,17H,1-5,8-16H2. The van der Waals surface area contributed by atoms with Gasteiger partial charge in [-0.3, -0.25) is 9.59 Å². The highest BCUT2D eigenvalue weighted by Crippen LogP contribution is 2.28. The number of thiophene rings is 1. The van der Waals surface area contributed by atoms with Gasteiger partial charge in [0.1, 0.15) is 4.21 Å². The van der Waals surface area contributed by atoms with E-state index in [1.54, 1.807) is 16.4 Å². The summed E-state index contributed by atoms with van der Waals surface area (Å²) in [5.41, 5.74) is 0. The highest BCUT2D eigenvalue weighted by molar-refractivity contribution is 7.91. The van der Waals surface area contributed by atoms with Gasteiger partial charge in [-0.25, -0.2) is 8.42 Å². The summed E-state index contributed by atoms with van der Waals surface area (Å²) in [7, 11) is -3.44. The Kier molecular flexibility index (Phi) is 6.79. The minimum Gasteiger partial charge on any atom is -0.342 e. The van der Waals surface area contributed by atoms with E-state index in [0.717, 1.165) is 62.9 Å². The zero-order valence-corrected chi connectivity index (χ0v) is 19.1. The lowest BCUT2D eigenvalue weighted by molar-refractivity contribution is -0.139. The smallest absolute Gasteiger partial charge is 0.252 e. The predicted molar refractivity (Wildman–Crippen MR) is 116 cm³/mol. The maximum absolute atomic E-state index is 12.8. The number of likely N-dealkylation sites (tertiary alicyclic amines) is 2. The van der Waals surface area contributed by atoms with Gasteiger partial charge in [0.2, 0.25) is 11.8 Å². The lowest BCUT2D eigenvalue weighted by Crippen LogP contribution is -2.44. The number of hydrogen-bond acceptors (Lipinski definition) is 5. The monoisotopic (exact) mass is 453 g/mol. The number of carbonyl (C=O) groups is 2. The molecule has 0 radical (unpaired) electrons. The fourth-order valence-corrected chi connectivity index (χ4v) is 7.67. The topological polar surface area (TPSA) is 78.0 Å². The molecule has 0 unspecified atom stereocenters. The molecule has 0 aromatic carbocycles. The fraction of sp³-hybridized carbons (Fsp3) is 0.714. The van der Waals surface area contributed by atoms with Crippen LogP contribution in [0.2, 0.25) is 0 Å². The van der Waals surface area contributed by atoms with Gasteiger partial charge in [0, 0.05) is 50.1 Å². The molecule has 0 aliphatic carbocycles. The van der Waals surface area contributed by atoms with Crippen molar-refractivity contribution in [1.82, 2.24) is 14.1 Å². The molecule has 3 aliphatic rings. The first kappa shape index (κ1) is 21.8. The maximum Gasteiger partial charge on any atom is 0.252 e. The number of sulfonamides is 1. The van der Waals surface area contributed by atoms with Crippen molar-refractivity contribution >= 4 is 33.2 Å². The van der Waals surface area contributed by atoms with Gasteiger partial charge >= 0.3 is 0 Å². The van der Waals surface area contributed by atoms with E-state index in [4.69, 9.17) is 0 Å². The number of rotatable bonds is 5. The molecule has 1 aromatic rings. The van der Waals surface area contributed by atoms with Crippen LogP contribution >= 0.6 is 11.3 Å². The molecule has 0 spiro atoms. The minimum absolute atomic E-state index is 0.0193. The van der Waals surface area contributed by atoms with Crippen LogP contribution in [0.1, 0.15) is 49.8 Å². The number of hydrogen-bond donors (Lipinski definition) is 0. The summed E-state index contributed by atoms with van der Waals surface area (Å²) in [5, 5.41) is 0. The number of piperidine rings is 2. The summed E-state index contributed by atoms with van der Waals surface area (Å²) in [6, 6.07) is 3.40. The van der Waals surface area contributed by atoms with Crippen molar-refractivity contribution in [3.05, 3.63) is 17.0 Å².